The van der Waals surface area contributed by atoms with Crippen LogP contribution in [0.25, 0.3) is 0 Å². The zero-order valence-corrected chi connectivity index (χ0v) is 36.1. The van der Waals surface area contributed by atoms with E-state index in [1.165, 1.54) is 6.42 Å². The fourth-order valence-corrected chi connectivity index (χ4v) is 10.8. The zero-order valence-electron chi connectivity index (χ0n) is 23.8. The van der Waals surface area contributed by atoms with E-state index in [1.807, 2.05) is 0 Å². The Morgan fingerprint density at radius 1 is 0.319 bits per heavy atom. The highest BCUT2D eigenvalue weighted by Gasteiger charge is 2.52. The molecule has 0 aliphatic heterocycles. The van der Waals surface area contributed by atoms with Crippen molar-refractivity contribution in [3.05, 3.63) is 75.3 Å². The van der Waals surface area contributed by atoms with E-state index >= 15 is 0 Å². The molecule has 3 rings (SSSR count). The van der Waals surface area contributed by atoms with Crippen molar-refractivity contribution in [3.63, 3.8) is 0 Å². The molecular weight excluding hydrogens is 944 g/mol. The maximum absolute atomic E-state index is 6.60. The molecule has 0 saturated carbocycles. The van der Waals surface area contributed by atoms with Crippen molar-refractivity contribution in [3.8, 4) is 17.2 Å². The van der Waals surface area contributed by atoms with E-state index in [2.05, 4.69) is 6.92 Å². The van der Waals surface area contributed by atoms with Gasteiger partial charge in [-0.15, -0.1) is 0 Å². The molecule has 0 atom stereocenters. The van der Waals surface area contributed by atoms with Crippen molar-refractivity contribution in [2.75, 3.05) is 0 Å². The van der Waals surface area contributed by atoms with E-state index in [9.17, 15) is 0 Å². The molecule has 3 aromatic rings. The second-order valence-electron chi connectivity index (χ2n) is 9.91. The normalized spacial score (nSPS) is 11.7. The van der Waals surface area contributed by atoms with Gasteiger partial charge < -0.3 is 13.3 Å². The van der Waals surface area contributed by atoms with Crippen molar-refractivity contribution >= 4 is 183 Å². The molecule has 0 radical (unpaired) electrons. The molecule has 0 N–H and O–H groups in total. The number of halogens is 15. The summed E-state index contributed by atoms with van der Waals surface area (Å²) in [4.78, 5) is 0. The highest BCUT2D eigenvalue weighted by molar-refractivity contribution is 6.66. The lowest BCUT2D eigenvalue weighted by Gasteiger charge is -2.33. The minimum absolute atomic E-state index is 0.0432. The van der Waals surface area contributed by atoms with Gasteiger partial charge in [0.05, 0.1) is 51.2 Å². The molecule has 0 fully saturated rings. The summed E-state index contributed by atoms with van der Waals surface area (Å²) in [5.41, 5.74) is 0. The standard InChI is InChI=1S/C28H21Cl15O3Si/c1-2-3-4-5-6-7-8-9-10-47(44-26-20(38)14(32)11(29)15(33)21(26)39,45-27-22(40)16(34)12(30)17(35)23(27)41)46-28-24(42)18(36)13(31)19(37)25(28)43/h2-10H2,1H3. The van der Waals surface area contributed by atoms with Gasteiger partial charge in [-0.3, -0.25) is 0 Å². The van der Waals surface area contributed by atoms with E-state index in [0.29, 0.717) is 6.42 Å². The molecule has 0 aliphatic rings. The van der Waals surface area contributed by atoms with Crippen LogP contribution >= 0.6 is 174 Å². The third kappa shape index (κ3) is 9.99. The Bertz CT molecular complexity index is 1380. The van der Waals surface area contributed by atoms with Crippen molar-refractivity contribution < 1.29 is 13.3 Å². The van der Waals surface area contributed by atoms with Crippen LogP contribution in [0.2, 0.25) is 81.4 Å². The van der Waals surface area contributed by atoms with Crippen LogP contribution in [0.15, 0.2) is 0 Å². The molecule has 0 bridgehead atoms. The van der Waals surface area contributed by atoms with Crippen LogP contribution in [-0.4, -0.2) is 8.80 Å². The molecule has 260 valence electrons. The second kappa shape index (κ2) is 19.1. The number of rotatable bonds is 15. The van der Waals surface area contributed by atoms with Crippen LogP contribution in [0.3, 0.4) is 0 Å². The molecule has 3 nitrogen and oxygen atoms in total. The first-order chi connectivity index (χ1) is 22.0. The molecule has 0 heterocycles. The highest BCUT2D eigenvalue weighted by atomic mass is 35.5. The van der Waals surface area contributed by atoms with Gasteiger partial charge in [0.15, 0.2) is 0 Å². The van der Waals surface area contributed by atoms with Gasteiger partial charge in [-0.05, 0) is 6.42 Å². The SMILES string of the molecule is CCCCCCCCCC[Si](Oc1c(Cl)c(Cl)c(Cl)c(Cl)c1Cl)(Oc1c(Cl)c(Cl)c(Cl)c(Cl)c1Cl)Oc1c(Cl)c(Cl)c(Cl)c(Cl)c1Cl. The summed E-state index contributed by atoms with van der Waals surface area (Å²) >= 11 is 96.7. The summed E-state index contributed by atoms with van der Waals surface area (Å²) < 4.78 is 19.6. The van der Waals surface area contributed by atoms with E-state index in [0.717, 1.165) is 38.5 Å². The summed E-state index contributed by atoms with van der Waals surface area (Å²) in [6, 6.07) is 0.0432. The monoisotopic (exact) mass is 958 g/mol. The molecule has 0 unspecified atom stereocenters. The van der Waals surface area contributed by atoms with Gasteiger partial charge >= 0.3 is 8.80 Å². The lowest BCUT2D eigenvalue weighted by molar-refractivity contribution is 0.258. The zero-order chi connectivity index (χ0) is 35.4. The maximum atomic E-state index is 6.60. The van der Waals surface area contributed by atoms with Gasteiger partial charge in [-0.1, -0.05) is 226 Å². The highest BCUT2D eigenvalue weighted by Crippen LogP contribution is 2.54. The molecule has 0 spiro atoms. The van der Waals surface area contributed by atoms with E-state index in [4.69, 9.17) is 187 Å². The summed E-state index contributed by atoms with van der Waals surface area (Å²) in [6.45, 7) is 2.16. The Labute approximate surface area is 349 Å². The van der Waals surface area contributed by atoms with Crippen LogP contribution in [0.1, 0.15) is 58.3 Å². The van der Waals surface area contributed by atoms with Crippen LogP contribution < -0.4 is 13.3 Å². The molecule has 0 amide bonds. The minimum atomic E-state index is -4.47. The first kappa shape index (κ1) is 43.0. The Morgan fingerprint density at radius 3 is 0.787 bits per heavy atom. The topological polar surface area (TPSA) is 27.7 Å². The molecule has 19 heteroatoms. The van der Waals surface area contributed by atoms with Crippen molar-refractivity contribution in [1.29, 1.82) is 0 Å². The van der Waals surface area contributed by atoms with Gasteiger partial charge in [-0.25, -0.2) is 0 Å². The average Bonchev–Trinajstić information content (AvgIpc) is 3.06. The largest absolute Gasteiger partial charge is 0.699 e. The summed E-state index contributed by atoms with van der Waals surface area (Å²) in [7, 11) is -4.47. The van der Waals surface area contributed by atoms with Crippen LogP contribution in [0.5, 0.6) is 17.2 Å². The quantitative estimate of drug-likeness (QED) is 0.0657. The van der Waals surface area contributed by atoms with Gasteiger partial charge in [0, 0.05) is 0 Å². The van der Waals surface area contributed by atoms with E-state index in [1.54, 1.807) is 0 Å². The minimum Gasteiger partial charge on any atom is -0.480 e. The van der Waals surface area contributed by atoms with Crippen molar-refractivity contribution in [2.45, 2.75) is 64.3 Å². The number of unbranched alkanes of at least 4 members (excludes halogenated alkanes) is 7. The van der Waals surface area contributed by atoms with Crippen LogP contribution in [0.4, 0.5) is 0 Å². The summed E-state index contributed by atoms with van der Waals surface area (Å²) in [5.74, 6) is -0.720. The Hall–Kier alpha value is 1.63. The predicted octanol–water partition coefficient (Wildman–Crippen LogP) is 18.1. The molecule has 3 aromatic carbocycles. The summed E-state index contributed by atoms with van der Waals surface area (Å²) in [5, 5.41) is -2.54. The van der Waals surface area contributed by atoms with Gasteiger partial charge in [0.2, 0.25) is 0 Å². The molecule has 0 aliphatic carbocycles. The van der Waals surface area contributed by atoms with Crippen molar-refractivity contribution in [2.24, 2.45) is 0 Å². The van der Waals surface area contributed by atoms with Crippen LogP contribution in [-0.2, 0) is 0 Å². The Balaban J connectivity index is 2.28. The Kier molecular flexibility index (Phi) is 17.5. The fourth-order valence-electron chi connectivity index (χ4n) is 4.18. The first-order valence-electron chi connectivity index (χ1n) is 13.6. The second-order valence-corrected chi connectivity index (χ2v) is 18.1. The van der Waals surface area contributed by atoms with Gasteiger partial charge in [-0.2, -0.15) is 0 Å². The molecule has 0 saturated heterocycles. The first-order valence-corrected chi connectivity index (χ1v) is 21.2. The lowest BCUT2D eigenvalue weighted by Crippen LogP contribution is -2.55. The Morgan fingerprint density at radius 2 is 0.532 bits per heavy atom. The summed E-state index contributed by atoms with van der Waals surface area (Å²) in [6.07, 6.45) is 7.65. The number of hydrogen-bond donors (Lipinski definition) is 0. The number of benzene rings is 3. The average molecular weight is 965 g/mol. The van der Waals surface area contributed by atoms with Gasteiger partial charge in [0.1, 0.15) is 47.4 Å². The predicted molar refractivity (Wildman–Crippen MR) is 210 cm³/mol. The number of hydrogen-bond acceptors (Lipinski definition) is 3. The van der Waals surface area contributed by atoms with Gasteiger partial charge in [0.25, 0.3) is 0 Å². The van der Waals surface area contributed by atoms with E-state index in [-0.39, 0.29) is 98.6 Å². The fraction of sp³-hybridized carbons (Fsp3) is 0.357. The van der Waals surface area contributed by atoms with Crippen molar-refractivity contribution in [1.82, 2.24) is 0 Å². The smallest absolute Gasteiger partial charge is 0.480 e. The van der Waals surface area contributed by atoms with E-state index < -0.39 is 8.80 Å². The molecule has 0 aromatic heterocycles. The molecular formula is C28H21Cl15O3Si. The van der Waals surface area contributed by atoms with Crippen LogP contribution in [0, 0.1) is 0 Å². The third-order valence-corrected chi connectivity index (χ3v) is 15.9. The maximum Gasteiger partial charge on any atom is 0.699 e. The lowest BCUT2D eigenvalue weighted by atomic mass is 10.1. The molecule has 47 heavy (non-hydrogen) atoms. The third-order valence-electron chi connectivity index (χ3n) is 6.62.